The average Bonchev–Trinajstić information content (AvgIpc) is 3.29. The summed E-state index contributed by atoms with van der Waals surface area (Å²) in [4.78, 5) is 15.4. The van der Waals surface area contributed by atoms with Crippen molar-refractivity contribution in [2.24, 2.45) is 0 Å². The number of halogens is 1. The highest BCUT2D eigenvalue weighted by molar-refractivity contribution is 7.14. The minimum Gasteiger partial charge on any atom is -0.394 e. The van der Waals surface area contributed by atoms with Crippen LogP contribution in [-0.4, -0.2) is 19.6 Å². The quantitative estimate of drug-likeness (QED) is 0.421. The normalized spacial score (nSPS) is 11.8. The second-order valence-corrected chi connectivity index (χ2v) is 6.98. The predicted molar refractivity (Wildman–Crippen MR) is 102 cm³/mol. The monoisotopic (exact) mass is 365 g/mol. The van der Waals surface area contributed by atoms with E-state index >= 15 is 0 Å². The first kappa shape index (κ1) is 15.0. The van der Waals surface area contributed by atoms with Crippen molar-refractivity contribution in [3.8, 4) is 11.1 Å². The highest BCUT2D eigenvalue weighted by atomic mass is 32.1. The molecule has 0 bridgehead atoms. The molecule has 8 heteroatoms. The Morgan fingerprint density at radius 3 is 2.85 bits per heavy atom. The third-order valence-electron chi connectivity index (χ3n) is 4.71. The van der Waals surface area contributed by atoms with Gasteiger partial charge in [-0.25, -0.2) is 4.39 Å². The summed E-state index contributed by atoms with van der Waals surface area (Å²) >= 11 is 1.32. The number of H-pyrrole nitrogens is 2. The molecule has 2 aromatic carbocycles. The number of anilines is 1. The SMILES string of the molecule is Cc1cc2c(-c3ccc(F)c4[nH]ncc34)c(N)c(=O)[nH]c2c2sncc12. The van der Waals surface area contributed by atoms with Gasteiger partial charge in [0, 0.05) is 27.9 Å². The van der Waals surface area contributed by atoms with E-state index in [4.69, 9.17) is 5.73 Å². The first-order valence-electron chi connectivity index (χ1n) is 7.87. The fourth-order valence-electron chi connectivity index (χ4n) is 3.46. The second kappa shape index (κ2) is 5.12. The van der Waals surface area contributed by atoms with E-state index in [2.05, 4.69) is 19.6 Å². The van der Waals surface area contributed by atoms with Crippen LogP contribution in [0.2, 0.25) is 0 Å². The Morgan fingerprint density at radius 2 is 2.00 bits per heavy atom. The standard InChI is InChI=1S/C18H12FN5OS/c1-7-4-9-13(8-2-3-12(19)15-11(8)5-21-24-15)14(20)18(25)23-16(9)17-10(7)6-22-26-17/h2-6H,20H2,1H3,(H,21,24)(H,23,25). The van der Waals surface area contributed by atoms with Crippen LogP contribution in [0.5, 0.6) is 0 Å². The molecule has 0 saturated carbocycles. The molecule has 128 valence electrons. The lowest BCUT2D eigenvalue weighted by atomic mass is 9.95. The molecule has 0 aliphatic rings. The topological polar surface area (TPSA) is 100 Å². The molecule has 0 aliphatic heterocycles. The minimum absolute atomic E-state index is 0.0925. The van der Waals surface area contributed by atoms with E-state index in [0.29, 0.717) is 22.0 Å². The van der Waals surface area contributed by atoms with E-state index in [1.807, 2.05) is 13.0 Å². The lowest BCUT2D eigenvalue weighted by Gasteiger charge is -2.12. The number of nitrogens with one attached hydrogen (secondary N) is 2. The summed E-state index contributed by atoms with van der Waals surface area (Å²) in [5.74, 6) is -0.407. The van der Waals surface area contributed by atoms with Crippen molar-refractivity contribution in [1.82, 2.24) is 19.6 Å². The number of nitrogens with two attached hydrogens (primary N) is 1. The molecule has 0 amide bonds. The summed E-state index contributed by atoms with van der Waals surface area (Å²) in [7, 11) is 0. The van der Waals surface area contributed by atoms with E-state index in [1.165, 1.54) is 23.8 Å². The van der Waals surface area contributed by atoms with Gasteiger partial charge in [0.2, 0.25) is 0 Å². The molecule has 5 rings (SSSR count). The molecule has 5 aromatic rings. The number of fused-ring (bicyclic) bond motifs is 4. The van der Waals surface area contributed by atoms with E-state index in [0.717, 1.165) is 21.0 Å². The largest absolute Gasteiger partial charge is 0.394 e. The van der Waals surface area contributed by atoms with Gasteiger partial charge < -0.3 is 10.7 Å². The molecule has 4 N–H and O–H groups in total. The zero-order valence-corrected chi connectivity index (χ0v) is 14.4. The molecular formula is C18H12FN5OS. The molecule has 3 heterocycles. The van der Waals surface area contributed by atoms with Crippen LogP contribution in [0.3, 0.4) is 0 Å². The summed E-state index contributed by atoms with van der Waals surface area (Å²) in [6, 6.07) is 4.95. The van der Waals surface area contributed by atoms with E-state index in [1.54, 1.807) is 12.3 Å². The van der Waals surface area contributed by atoms with Crippen LogP contribution in [0, 0.1) is 12.7 Å². The lowest BCUT2D eigenvalue weighted by molar-refractivity contribution is 0.636. The minimum atomic E-state index is -0.407. The van der Waals surface area contributed by atoms with Crippen LogP contribution in [0.1, 0.15) is 5.56 Å². The van der Waals surface area contributed by atoms with Crippen molar-refractivity contribution >= 4 is 49.1 Å². The molecular weight excluding hydrogens is 353 g/mol. The van der Waals surface area contributed by atoms with Gasteiger partial charge in [0.25, 0.3) is 5.56 Å². The molecule has 0 radical (unpaired) electrons. The molecule has 26 heavy (non-hydrogen) atoms. The van der Waals surface area contributed by atoms with E-state index in [-0.39, 0.29) is 16.8 Å². The fourth-order valence-corrected chi connectivity index (χ4v) is 4.29. The van der Waals surface area contributed by atoms with Gasteiger partial charge in [0.1, 0.15) is 17.0 Å². The third kappa shape index (κ3) is 1.87. The number of hydrogen-bond acceptors (Lipinski definition) is 5. The van der Waals surface area contributed by atoms with Gasteiger partial charge in [-0.3, -0.25) is 9.89 Å². The Morgan fingerprint density at radius 1 is 1.15 bits per heavy atom. The summed E-state index contributed by atoms with van der Waals surface area (Å²) in [5, 5.41) is 8.96. The van der Waals surface area contributed by atoms with Crippen LogP contribution in [0.4, 0.5) is 10.1 Å². The Bertz CT molecular complexity index is 1400. The van der Waals surface area contributed by atoms with Crippen molar-refractivity contribution in [3.05, 3.63) is 52.3 Å². The van der Waals surface area contributed by atoms with Crippen molar-refractivity contribution in [2.75, 3.05) is 5.73 Å². The lowest BCUT2D eigenvalue weighted by Crippen LogP contribution is -2.13. The zero-order valence-electron chi connectivity index (χ0n) is 13.6. The van der Waals surface area contributed by atoms with E-state index < -0.39 is 5.82 Å². The molecule has 0 atom stereocenters. The Balaban J connectivity index is 2.03. The highest BCUT2D eigenvalue weighted by Crippen LogP contribution is 2.39. The number of nitrogen functional groups attached to an aromatic ring is 1. The number of hydrogen-bond donors (Lipinski definition) is 3. The zero-order chi connectivity index (χ0) is 18.0. The van der Waals surface area contributed by atoms with Crippen molar-refractivity contribution < 1.29 is 4.39 Å². The first-order chi connectivity index (χ1) is 12.6. The Labute approximate surface area is 149 Å². The smallest absolute Gasteiger partial charge is 0.272 e. The van der Waals surface area contributed by atoms with Crippen molar-refractivity contribution in [2.45, 2.75) is 6.92 Å². The van der Waals surface area contributed by atoms with Gasteiger partial charge in [0.05, 0.1) is 16.4 Å². The van der Waals surface area contributed by atoms with Crippen LogP contribution >= 0.6 is 11.5 Å². The number of aryl methyl sites for hydroxylation is 1. The summed E-state index contributed by atoms with van der Waals surface area (Å²) in [5.41, 5.74) is 9.11. The predicted octanol–water partition coefficient (Wildman–Crippen LogP) is 3.71. The van der Waals surface area contributed by atoms with Crippen LogP contribution in [-0.2, 0) is 0 Å². The Kier molecular flexibility index (Phi) is 2.96. The number of aromatic amines is 2. The number of rotatable bonds is 1. The van der Waals surface area contributed by atoms with Gasteiger partial charge in [-0.05, 0) is 41.7 Å². The highest BCUT2D eigenvalue weighted by Gasteiger charge is 2.19. The molecule has 0 aliphatic carbocycles. The average molecular weight is 365 g/mol. The van der Waals surface area contributed by atoms with Gasteiger partial charge in [-0.15, -0.1) is 0 Å². The van der Waals surface area contributed by atoms with Gasteiger partial charge in [-0.1, -0.05) is 6.07 Å². The molecule has 0 saturated heterocycles. The molecule has 0 spiro atoms. The first-order valence-corrected chi connectivity index (χ1v) is 8.65. The molecule has 0 fully saturated rings. The number of aromatic nitrogens is 4. The maximum Gasteiger partial charge on any atom is 0.272 e. The van der Waals surface area contributed by atoms with Gasteiger partial charge in [0.15, 0.2) is 0 Å². The van der Waals surface area contributed by atoms with Crippen molar-refractivity contribution in [1.29, 1.82) is 0 Å². The molecule has 3 aromatic heterocycles. The molecule has 0 unspecified atom stereocenters. The fraction of sp³-hybridized carbons (Fsp3) is 0.0556. The van der Waals surface area contributed by atoms with Crippen molar-refractivity contribution in [3.63, 3.8) is 0 Å². The number of pyridine rings is 1. The van der Waals surface area contributed by atoms with Gasteiger partial charge >= 0.3 is 0 Å². The van der Waals surface area contributed by atoms with Gasteiger partial charge in [-0.2, -0.15) is 9.47 Å². The third-order valence-corrected chi connectivity index (χ3v) is 5.53. The molecule has 6 nitrogen and oxygen atoms in total. The number of benzene rings is 2. The van der Waals surface area contributed by atoms with Crippen LogP contribution < -0.4 is 11.3 Å². The summed E-state index contributed by atoms with van der Waals surface area (Å²) in [6.07, 6.45) is 3.33. The second-order valence-electron chi connectivity index (χ2n) is 6.18. The number of nitrogens with zero attached hydrogens (tertiary/aromatic N) is 2. The summed E-state index contributed by atoms with van der Waals surface area (Å²) in [6.45, 7) is 1.99. The van der Waals surface area contributed by atoms with Crippen LogP contribution in [0.15, 0.2) is 35.4 Å². The van der Waals surface area contributed by atoms with Crippen LogP contribution in [0.25, 0.3) is 43.0 Å². The maximum absolute atomic E-state index is 14.1. The maximum atomic E-state index is 14.1. The van der Waals surface area contributed by atoms with E-state index in [9.17, 15) is 9.18 Å². The summed E-state index contributed by atoms with van der Waals surface area (Å²) < 4.78 is 19.2. The Hall–Kier alpha value is -3.26.